The van der Waals surface area contributed by atoms with Crippen LogP contribution in [0.15, 0.2) is 23.8 Å². The molecule has 2 aromatic rings. The largest absolute Gasteiger partial charge is 0.377 e. The molecule has 0 fully saturated rings. The lowest BCUT2D eigenvalue weighted by Crippen LogP contribution is -2.01. The number of pyridine rings is 1. The van der Waals surface area contributed by atoms with Crippen LogP contribution in [0.25, 0.3) is 0 Å². The second-order valence-corrected chi connectivity index (χ2v) is 3.22. The average molecular weight is 210 g/mol. The molecule has 0 aromatic carbocycles. The summed E-state index contributed by atoms with van der Waals surface area (Å²) < 4.78 is 16.8. The maximum absolute atomic E-state index is 13.1. The molecule has 0 bridgehead atoms. The summed E-state index contributed by atoms with van der Waals surface area (Å²) in [6.07, 6.45) is 2.70. The molecule has 0 saturated carbocycles. The molecular weight excluding hydrogens is 203 g/mol. The molecule has 0 atom stereocenters. The van der Waals surface area contributed by atoms with Gasteiger partial charge in [0.1, 0.15) is 0 Å². The van der Waals surface area contributed by atoms with Crippen molar-refractivity contribution in [3.8, 4) is 0 Å². The van der Waals surface area contributed by atoms with Gasteiger partial charge in [0.25, 0.3) is 0 Å². The van der Waals surface area contributed by atoms with Gasteiger partial charge in [-0.2, -0.15) is 0 Å². The highest BCUT2D eigenvalue weighted by Crippen LogP contribution is 2.11. The Morgan fingerprint density at radius 1 is 1.50 bits per heavy atom. The van der Waals surface area contributed by atoms with E-state index in [0.717, 1.165) is 5.69 Å². The minimum Gasteiger partial charge on any atom is -0.377 e. The Hall–Kier alpha value is -1.56. The second-order valence-electron chi connectivity index (χ2n) is 2.61. The number of anilines is 1. The van der Waals surface area contributed by atoms with E-state index in [1.54, 1.807) is 6.07 Å². The van der Waals surface area contributed by atoms with E-state index in [0.29, 0.717) is 12.2 Å². The minimum absolute atomic E-state index is 0.365. The first-order chi connectivity index (χ1) is 6.86. The molecule has 0 aliphatic carbocycles. The van der Waals surface area contributed by atoms with Crippen molar-refractivity contribution in [1.82, 2.24) is 14.6 Å². The third kappa shape index (κ3) is 2.02. The SMILES string of the molecule is Fc1cnccc1NCc1csnn1. The first-order valence-electron chi connectivity index (χ1n) is 3.95. The molecule has 4 nitrogen and oxygen atoms in total. The van der Waals surface area contributed by atoms with Crippen molar-refractivity contribution in [2.24, 2.45) is 0 Å². The van der Waals surface area contributed by atoms with Crippen molar-refractivity contribution in [2.75, 3.05) is 5.32 Å². The zero-order valence-corrected chi connectivity index (χ0v) is 7.96. The zero-order valence-electron chi connectivity index (χ0n) is 7.14. The van der Waals surface area contributed by atoms with Gasteiger partial charge in [0.15, 0.2) is 5.82 Å². The molecule has 1 N–H and O–H groups in total. The number of nitrogens with zero attached hydrogens (tertiary/aromatic N) is 3. The van der Waals surface area contributed by atoms with Crippen molar-refractivity contribution in [3.63, 3.8) is 0 Å². The Morgan fingerprint density at radius 2 is 2.43 bits per heavy atom. The summed E-state index contributed by atoms with van der Waals surface area (Å²) in [5, 5.41) is 8.55. The molecule has 6 heteroatoms. The lowest BCUT2D eigenvalue weighted by molar-refractivity contribution is 0.623. The smallest absolute Gasteiger partial charge is 0.164 e. The molecule has 0 radical (unpaired) electrons. The lowest BCUT2D eigenvalue weighted by Gasteiger charge is -2.03. The maximum atomic E-state index is 13.1. The van der Waals surface area contributed by atoms with Gasteiger partial charge in [-0.3, -0.25) is 4.98 Å². The van der Waals surface area contributed by atoms with Crippen LogP contribution in [0, 0.1) is 5.82 Å². The molecule has 0 unspecified atom stereocenters. The van der Waals surface area contributed by atoms with Gasteiger partial charge in [0.2, 0.25) is 0 Å². The highest BCUT2D eigenvalue weighted by atomic mass is 32.1. The number of halogens is 1. The van der Waals surface area contributed by atoms with Crippen LogP contribution in [-0.4, -0.2) is 14.6 Å². The van der Waals surface area contributed by atoms with Gasteiger partial charge in [0, 0.05) is 11.6 Å². The number of hydrogen-bond donors (Lipinski definition) is 1. The van der Waals surface area contributed by atoms with Crippen LogP contribution in [0.2, 0.25) is 0 Å². The molecule has 0 saturated heterocycles. The lowest BCUT2D eigenvalue weighted by atomic mass is 10.3. The van der Waals surface area contributed by atoms with Crippen molar-refractivity contribution < 1.29 is 4.39 Å². The first kappa shape index (κ1) is 9.01. The second kappa shape index (κ2) is 4.10. The highest BCUT2D eigenvalue weighted by molar-refractivity contribution is 7.03. The van der Waals surface area contributed by atoms with E-state index in [1.165, 1.54) is 23.9 Å². The van der Waals surface area contributed by atoms with Gasteiger partial charge in [0.05, 0.1) is 24.1 Å². The summed E-state index contributed by atoms with van der Waals surface area (Å²) in [6, 6.07) is 1.58. The Morgan fingerprint density at radius 3 is 3.14 bits per heavy atom. The molecule has 2 rings (SSSR count). The third-order valence-electron chi connectivity index (χ3n) is 1.64. The highest BCUT2D eigenvalue weighted by Gasteiger charge is 2.01. The van der Waals surface area contributed by atoms with Gasteiger partial charge >= 0.3 is 0 Å². The van der Waals surface area contributed by atoms with Crippen LogP contribution in [0.3, 0.4) is 0 Å². The molecule has 0 aliphatic rings. The van der Waals surface area contributed by atoms with Crippen molar-refractivity contribution in [3.05, 3.63) is 35.4 Å². The van der Waals surface area contributed by atoms with Crippen LogP contribution < -0.4 is 5.32 Å². The number of hydrogen-bond acceptors (Lipinski definition) is 5. The summed E-state index contributed by atoms with van der Waals surface area (Å²) in [5.74, 6) is -0.365. The standard InChI is InChI=1S/C8H7FN4S/c9-7-4-10-2-1-8(7)11-3-6-5-14-13-12-6/h1-2,4-5H,3H2,(H,10,11). The maximum Gasteiger partial charge on any atom is 0.164 e. The predicted molar refractivity (Wildman–Crippen MR) is 51.4 cm³/mol. The van der Waals surface area contributed by atoms with Gasteiger partial charge in [-0.1, -0.05) is 4.49 Å². The summed E-state index contributed by atoms with van der Waals surface area (Å²) in [4.78, 5) is 3.65. The summed E-state index contributed by atoms with van der Waals surface area (Å²) in [6.45, 7) is 0.470. The zero-order chi connectivity index (χ0) is 9.80. The summed E-state index contributed by atoms with van der Waals surface area (Å²) in [7, 11) is 0. The molecular formula is C8H7FN4S. The van der Waals surface area contributed by atoms with Gasteiger partial charge in [-0.05, 0) is 17.6 Å². The van der Waals surface area contributed by atoms with E-state index in [2.05, 4.69) is 19.9 Å². The molecule has 72 valence electrons. The van der Waals surface area contributed by atoms with E-state index in [1.807, 2.05) is 5.38 Å². The Labute approximate surface area is 84.0 Å². The molecule has 14 heavy (non-hydrogen) atoms. The van der Waals surface area contributed by atoms with Crippen molar-refractivity contribution in [2.45, 2.75) is 6.54 Å². The fourth-order valence-electron chi connectivity index (χ4n) is 0.965. The predicted octanol–water partition coefficient (Wildman–Crippen LogP) is 1.68. The van der Waals surface area contributed by atoms with Crippen LogP contribution in [0.4, 0.5) is 10.1 Å². The van der Waals surface area contributed by atoms with Crippen molar-refractivity contribution in [1.29, 1.82) is 0 Å². The van der Waals surface area contributed by atoms with Gasteiger partial charge < -0.3 is 5.32 Å². The topological polar surface area (TPSA) is 50.7 Å². The molecule has 0 spiro atoms. The van der Waals surface area contributed by atoms with Crippen LogP contribution in [0.5, 0.6) is 0 Å². The fourth-order valence-corrected chi connectivity index (χ4v) is 1.42. The van der Waals surface area contributed by atoms with Crippen LogP contribution in [0.1, 0.15) is 5.69 Å². The Bertz CT molecular complexity index is 403. The van der Waals surface area contributed by atoms with Gasteiger partial charge in [-0.25, -0.2) is 4.39 Å². The van der Waals surface area contributed by atoms with Crippen molar-refractivity contribution >= 4 is 17.2 Å². The van der Waals surface area contributed by atoms with E-state index < -0.39 is 0 Å². The average Bonchev–Trinajstić information content (AvgIpc) is 2.69. The van der Waals surface area contributed by atoms with Crippen LogP contribution >= 0.6 is 11.5 Å². The monoisotopic (exact) mass is 210 g/mol. The van der Waals surface area contributed by atoms with Crippen LogP contribution in [-0.2, 0) is 6.54 Å². The quantitative estimate of drug-likeness (QED) is 0.837. The first-order valence-corrected chi connectivity index (χ1v) is 4.79. The molecule has 0 aliphatic heterocycles. The Balaban J connectivity index is 2.02. The van der Waals surface area contributed by atoms with E-state index in [9.17, 15) is 4.39 Å². The van der Waals surface area contributed by atoms with E-state index in [4.69, 9.17) is 0 Å². The summed E-state index contributed by atoms with van der Waals surface area (Å²) in [5.41, 5.74) is 1.22. The fraction of sp³-hybridized carbons (Fsp3) is 0.125. The normalized spacial score (nSPS) is 10.1. The third-order valence-corrected chi connectivity index (χ3v) is 2.19. The van der Waals surface area contributed by atoms with Gasteiger partial charge in [-0.15, -0.1) is 5.10 Å². The summed E-state index contributed by atoms with van der Waals surface area (Å²) >= 11 is 1.27. The molecule has 2 heterocycles. The molecule has 0 amide bonds. The number of rotatable bonds is 3. The molecule has 2 aromatic heterocycles. The Kier molecular flexibility index (Phi) is 2.64. The van der Waals surface area contributed by atoms with E-state index in [-0.39, 0.29) is 5.82 Å². The number of nitrogens with one attached hydrogen (secondary N) is 1. The number of aromatic nitrogens is 3. The van der Waals surface area contributed by atoms with E-state index >= 15 is 0 Å². The minimum atomic E-state index is -0.365.